The number of rotatable bonds is 3. The molecule has 25 heavy (non-hydrogen) atoms. The van der Waals surface area contributed by atoms with Crippen molar-refractivity contribution in [2.75, 3.05) is 5.32 Å². The van der Waals surface area contributed by atoms with Gasteiger partial charge in [-0.05, 0) is 29.7 Å². The molecule has 0 fully saturated rings. The second-order valence-electron chi connectivity index (χ2n) is 5.43. The van der Waals surface area contributed by atoms with Gasteiger partial charge in [0.1, 0.15) is 6.54 Å². The largest absolute Gasteiger partial charge is 0.418 e. The Hall–Kier alpha value is -3.09. The van der Waals surface area contributed by atoms with Crippen molar-refractivity contribution in [1.29, 1.82) is 0 Å². The molecule has 0 aliphatic heterocycles. The van der Waals surface area contributed by atoms with E-state index in [1.54, 1.807) is 30.3 Å². The molecule has 0 aliphatic carbocycles. The third-order valence-electron chi connectivity index (χ3n) is 3.71. The zero-order valence-electron chi connectivity index (χ0n) is 12.9. The lowest BCUT2D eigenvalue weighted by Gasteiger charge is -2.14. The number of anilines is 1. The summed E-state index contributed by atoms with van der Waals surface area (Å²) in [5.74, 6) is -0.714. The van der Waals surface area contributed by atoms with E-state index < -0.39 is 17.6 Å². The number of amides is 1. The van der Waals surface area contributed by atoms with Gasteiger partial charge in [0.25, 0.3) is 5.56 Å². The molecular weight excluding hydrogens is 333 g/mol. The number of aromatic nitrogens is 1. The SMILES string of the molecule is O=C(Cn1ccc2ccccc2c1=O)Nc1ccccc1C(F)(F)F. The van der Waals surface area contributed by atoms with Crippen LogP contribution >= 0.6 is 0 Å². The molecule has 128 valence electrons. The lowest BCUT2D eigenvalue weighted by Crippen LogP contribution is -2.27. The van der Waals surface area contributed by atoms with Gasteiger partial charge >= 0.3 is 6.18 Å². The Kier molecular flexibility index (Phi) is 4.31. The first-order chi connectivity index (χ1) is 11.9. The van der Waals surface area contributed by atoms with E-state index in [1.807, 2.05) is 0 Å². The highest BCUT2D eigenvalue weighted by Gasteiger charge is 2.33. The minimum absolute atomic E-state index is 0.339. The van der Waals surface area contributed by atoms with Crippen molar-refractivity contribution < 1.29 is 18.0 Å². The molecule has 0 saturated heterocycles. The summed E-state index contributed by atoms with van der Waals surface area (Å²) in [6, 6.07) is 13.3. The van der Waals surface area contributed by atoms with Crippen molar-refractivity contribution in [3.05, 3.63) is 76.7 Å². The summed E-state index contributed by atoms with van der Waals surface area (Å²) in [6.45, 7) is -0.379. The van der Waals surface area contributed by atoms with Crippen LogP contribution < -0.4 is 10.9 Å². The van der Waals surface area contributed by atoms with E-state index in [4.69, 9.17) is 0 Å². The molecule has 1 N–H and O–H groups in total. The quantitative estimate of drug-likeness (QED) is 0.787. The molecule has 1 heterocycles. The van der Waals surface area contributed by atoms with Crippen molar-refractivity contribution in [2.24, 2.45) is 0 Å². The monoisotopic (exact) mass is 346 g/mol. The zero-order chi connectivity index (χ0) is 18.0. The fraction of sp³-hybridized carbons (Fsp3) is 0.111. The Morgan fingerprint density at radius 2 is 1.68 bits per heavy atom. The molecule has 0 radical (unpaired) electrons. The van der Waals surface area contributed by atoms with Crippen LogP contribution in [0.25, 0.3) is 10.8 Å². The second-order valence-corrected chi connectivity index (χ2v) is 5.43. The lowest BCUT2D eigenvalue weighted by molar-refractivity contribution is -0.137. The summed E-state index contributed by atoms with van der Waals surface area (Å²) in [7, 11) is 0. The average Bonchev–Trinajstić information content (AvgIpc) is 2.57. The number of nitrogens with zero attached hydrogens (tertiary/aromatic N) is 1. The third kappa shape index (κ3) is 3.55. The molecule has 0 bridgehead atoms. The maximum absolute atomic E-state index is 13.0. The minimum atomic E-state index is -4.58. The number of benzene rings is 2. The first kappa shape index (κ1) is 16.8. The summed E-state index contributed by atoms with van der Waals surface area (Å²) in [4.78, 5) is 24.5. The van der Waals surface area contributed by atoms with E-state index in [2.05, 4.69) is 5.32 Å². The third-order valence-corrected chi connectivity index (χ3v) is 3.71. The van der Waals surface area contributed by atoms with Gasteiger partial charge in [0.05, 0.1) is 11.3 Å². The van der Waals surface area contributed by atoms with Crippen LogP contribution in [0.5, 0.6) is 0 Å². The minimum Gasteiger partial charge on any atom is -0.324 e. The Morgan fingerprint density at radius 3 is 2.44 bits per heavy atom. The summed E-state index contributed by atoms with van der Waals surface area (Å²) < 4.78 is 40.0. The van der Waals surface area contributed by atoms with Gasteiger partial charge in [-0.1, -0.05) is 30.3 Å². The van der Waals surface area contributed by atoms with E-state index in [0.29, 0.717) is 5.39 Å². The highest BCUT2D eigenvalue weighted by atomic mass is 19.4. The summed E-state index contributed by atoms with van der Waals surface area (Å²) in [5.41, 5.74) is -1.65. The zero-order valence-corrected chi connectivity index (χ0v) is 12.9. The van der Waals surface area contributed by atoms with Crippen LogP contribution in [0.1, 0.15) is 5.56 Å². The number of fused-ring (bicyclic) bond motifs is 1. The Bertz CT molecular complexity index is 993. The van der Waals surface area contributed by atoms with Crippen molar-refractivity contribution >= 4 is 22.4 Å². The number of hydrogen-bond acceptors (Lipinski definition) is 2. The fourth-order valence-electron chi connectivity index (χ4n) is 2.54. The lowest BCUT2D eigenvalue weighted by atomic mass is 10.1. The summed E-state index contributed by atoms with van der Waals surface area (Å²) in [5, 5.41) is 3.39. The molecule has 4 nitrogen and oxygen atoms in total. The van der Waals surface area contributed by atoms with Gasteiger partial charge in [-0.15, -0.1) is 0 Å². The number of hydrogen-bond donors (Lipinski definition) is 1. The van der Waals surface area contributed by atoms with E-state index >= 15 is 0 Å². The summed E-state index contributed by atoms with van der Waals surface area (Å²) >= 11 is 0. The first-order valence-corrected chi connectivity index (χ1v) is 7.40. The molecule has 1 amide bonds. The van der Waals surface area contributed by atoms with Crippen LogP contribution in [0, 0.1) is 0 Å². The van der Waals surface area contributed by atoms with Crippen LogP contribution in [-0.4, -0.2) is 10.5 Å². The molecule has 0 saturated carbocycles. The van der Waals surface area contributed by atoms with E-state index in [-0.39, 0.29) is 17.8 Å². The van der Waals surface area contributed by atoms with Crippen molar-refractivity contribution in [3.63, 3.8) is 0 Å². The van der Waals surface area contributed by atoms with Gasteiger partial charge in [0.15, 0.2) is 0 Å². The van der Waals surface area contributed by atoms with Gasteiger partial charge in [-0.25, -0.2) is 0 Å². The molecule has 0 atom stereocenters. The number of alkyl halides is 3. The maximum Gasteiger partial charge on any atom is 0.418 e. The molecule has 0 spiro atoms. The number of para-hydroxylation sites is 1. The van der Waals surface area contributed by atoms with Gasteiger partial charge in [-0.3, -0.25) is 9.59 Å². The molecule has 3 aromatic rings. The molecule has 0 unspecified atom stereocenters. The second kappa shape index (κ2) is 6.43. The highest BCUT2D eigenvalue weighted by molar-refractivity contribution is 5.91. The molecule has 7 heteroatoms. The normalized spacial score (nSPS) is 11.5. The Labute approximate surface area is 140 Å². The molecule has 0 aliphatic rings. The number of halogens is 3. The van der Waals surface area contributed by atoms with Crippen LogP contribution in [0.2, 0.25) is 0 Å². The first-order valence-electron chi connectivity index (χ1n) is 7.40. The number of nitrogens with one attached hydrogen (secondary N) is 1. The van der Waals surface area contributed by atoms with Crippen LogP contribution in [0.3, 0.4) is 0 Å². The van der Waals surface area contributed by atoms with Gasteiger partial charge in [0, 0.05) is 11.6 Å². The molecule has 1 aromatic heterocycles. The maximum atomic E-state index is 13.0. The van der Waals surface area contributed by atoms with E-state index in [9.17, 15) is 22.8 Å². The number of carbonyl (C=O) groups is 1. The predicted octanol–water partition coefficient (Wildman–Crippen LogP) is 3.66. The van der Waals surface area contributed by atoms with E-state index in [1.165, 1.54) is 24.4 Å². The Morgan fingerprint density at radius 1 is 1.00 bits per heavy atom. The number of pyridine rings is 1. The van der Waals surface area contributed by atoms with Crippen LogP contribution in [-0.2, 0) is 17.5 Å². The highest BCUT2D eigenvalue weighted by Crippen LogP contribution is 2.34. The fourth-order valence-corrected chi connectivity index (χ4v) is 2.54. The van der Waals surface area contributed by atoms with E-state index in [0.717, 1.165) is 16.0 Å². The van der Waals surface area contributed by atoms with Gasteiger partial charge in [0.2, 0.25) is 5.91 Å². The smallest absolute Gasteiger partial charge is 0.324 e. The standard InChI is InChI=1S/C18H13F3N2O2/c19-18(20,21)14-7-3-4-8-15(14)22-16(24)11-23-10-9-12-5-1-2-6-13(12)17(23)25/h1-10H,11H2,(H,22,24). The molecule has 3 rings (SSSR count). The molecule has 2 aromatic carbocycles. The average molecular weight is 346 g/mol. The summed E-state index contributed by atoms with van der Waals surface area (Å²) in [6.07, 6.45) is -3.14. The van der Waals surface area contributed by atoms with Crippen LogP contribution in [0.15, 0.2) is 65.6 Å². The van der Waals surface area contributed by atoms with Crippen LogP contribution in [0.4, 0.5) is 18.9 Å². The number of carbonyl (C=O) groups excluding carboxylic acids is 1. The predicted molar refractivity (Wildman–Crippen MR) is 88.3 cm³/mol. The Balaban J connectivity index is 1.85. The van der Waals surface area contributed by atoms with Crippen molar-refractivity contribution in [3.8, 4) is 0 Å². The van der Waals surface area contributed by atoms with Crippen molar-refractivity contribution in [1.82, 2.24) is 4.57 Å². The van der Waals surface area contributed by atoms with Crippen molar-refractivity contribution in [2.45, 2.75) is 12.7 Å². The van der Waals surface area contributed by atoms with Gasteiger partial charge in [-0.2, -0.15) is 13.2 Å². The topological polar surface area (TPSA) is 51.1 Å². The molecular formula is C18H13F3N2O2. The van der Waals surface area contributed by atoms with Gasteiger partial charge < -0.3 is 9.88 Å².